The molecule has 3 rings (SSSR count). The number of benzene rings is 2. The summed E-state index contributed by atoms with van der Waals surface area (Å²) in [5.74, 6) is -0.0874. The van der Waals surface area contributed by atoms with Crippen LogP contribution in [-0.2, 0) is 13.7 Å². The summed E-state index contributed by atoms with van der Waals surface area (Å²) in [6, 6.07) is 12.8. The molecule has 0 radical (unpaired) electrons. The van der Waals surface area contributed by atoms with Crippen molar-refractivity contribution in [1.29, 1.82) is 0 Å². The minimum atomic E-state index is -0.351. The van der Waals surface area contributed by atoms with Gasteiger partial charge in [-0.2, -0.15) is 5.10 Å². The highest BCUT2D eigenvalue weighted by molar-refractivity contribution is 5.81. The van der Waals surface area contributed by atoms with Crippen molar-refractivity contribution in [3.63, 3.8) is 0 Å². The highest BCUT2D eigenvalue weighted by Gasteiger charge is 2.10. The van der Waals surface area contributed by atoms with Crippen LogP contribution in [0.2, 0.25) is 0 Å². The summed E-state index contributed by atoms with van der Waals surface area (Å²) in [4.78, 5) is 0. The van der Waals surface area contributed by atoms with Crippen LogP contribution in [0.5, 0.6) is 5.75 Å². The Labute approximate surface area is 116 Å². The average Bonchev–Trinajstić information content (AvgIpc) is 2.77. The number of hydrogen-bond donors (Lipinski definition) is 0. The number of ether oxygens (including phenoxy) is 1. The minimum Gasteiger partial charge on any atom is -0.484 e. The van der Waals surface area contributed by atoms with E-state index in [1.54, 1.807) is 16.8 Å². The van der Waals surface area contributed by atoms with Crippen LogP contribution in [0.4, 0.5) is 4.39 Å². The van der Waals surface area contributed by atoms with Crippen molar-refractivity contribution in [2.75, 3.05) is 0 Å². The zero-order chi connectivity index (χ0) is 14.1. The fourth-order valence-electron chi connectivity index (χ4n) is 2.26. The maximum absolute atomic E-state index is 13.6. The monoisotopic (exact) mass is 270 g/mol. The van der Waals surface area contributed by atoms with Crippen molar-refractivity contribution >= 4 is 10.9 Å². The molecule has 0 aliphatic heterocycles. The zero-order valence-corrected chi connectivity index (χ0v) is 11.4. The molecule has 0 N–H and O–H groups in total. The zero-order valence-electron chi connectivity index (χ0n) is 11.4. The lowest BCUT2D eigenvalue weighted by molar-refractivity contribution is 0.286. The molecule has 1 heterocycles. The quantitative estimate of drug-likeness (QED) is 0.727. The van der Waals surface area contributed by atoms with E-state index in [4.69, 9.17) is 4.74 Å². The number of para-hydroxylation sites is 1. The van der Waals surface area contributed by atoms with Gasteiger partial charge in [0.1, 0.15) is 12.3 Å². The Balaban J connectivity index is 1.89. The molecule has 3 aromatic rings. The van der Waals surface area contributed by atoms with Gasteiger partial charge < -0.3 is 4.74 Å². The standard InChI is InChI=1S/C16H15FN2O/c1-11-7-8-13(17)16(9-11)20-10-14-12-5-3-4-6-15(12)19(2)18-14/h3-9H,10H2,1-2H3. The molecular formula is C16H15FN2O. The fourth-order valence-corrected chi connectivity index (χ4v) is 2.26. The number of fused-ring (bicyclic) bond motifs is 1. The largest absolute Gasteiger partial charge is 0.484 e. The Morgan fingerprint density at radius 2 is 2.00 bits per heavy atom. The van der Waals surface area contributed by atoms with Gasteiger partial charge in [0.2, 0.25) is 0 Å². The van der Waals surface area contributed by atoms with E-state index < -0.39 is 0 Å². The first-order chi connectivity index (χ1) is 9.65. The van der Waals surface area contributed by atoms with Crippen molar-refractivity contribution < 1.29 is 9.13 Å². The summed E-state index contributed by atoms with van der Waals surface area (Å²) in [6.45, 7) is 2.16. The summed E-state index contributed by atoms with van der Waals surface area (Å²) in [6.07, 6.45) is 0. The summed E-state index contributed by atoms with van der Waals surface area (Å²) < 4.78 is 21.0. The predicted octanol–water partition coefficient (Wildman–Crippen LogP) is 3.60. The molecule has 0 bridgehead atoms. The van der Waals surface area contributed by atoms with Crippen LogP contribution in [0, 0.1) is 12.7 Å². The summed E-state index contributed by atoms with van der Waals surface area (Å²) in [5.41, 5.74) is 2.81. The van der Waals surface area contributed by atoms with Gasteiger partial charge in [0, 0.05) is 12.4 Å². The van der Waals surface area contributed by atoms with Crippen molar-refractivity contribution in [1.82, 2.24) is 9.78 Å². The molecule has 102 valence electrons. The number of hydrogen-bond acceptors (Lipinski definition) is 2. The van der Waals surface area contributed by atoms with Crippen LogP contribution in [0.1, 0.15) is 11.3 Å². The molecule has 1 aromatic heterocycles. The van der Waals surface area contributed by atoms with Crippen LogP contribution in [0.15, 0.2) is 42.5 Å². The van der Waals surface area contributed by atoms with Gasteiger partial charge in [0.15, 0.2) is 11.6 Å². The molecule has 0 aliphatic carbocycles. The highest BCUT2D eigenvalue weighted by Crippen LogP contribution is 2.22. The summed E-state index contributed by atoms with van der Waals surface area (Å²) in [5, 5.41) is 5.46. The van der Waals surface area contributed by atoms with Crippen LogP contribution < -0.4 is 4.74 Å². The number of aromatic nitrogens is 2. The predicted molar refractivity (Wildman–Crippen MR) is 76.2 cm³/mol. The second-order valence-corrected chi connectivity index (χ2v) is 4.81. The molecule has 0 aliphatic rings. The lowest BCUT2D eigenvalue weighted by Gasteiger charge is -2.06. The first kappa shape index (κ1) is 12.7. The normalized spacial score (nSPS) is 10.9. The first-order valence-electron chi connectivity index (χ1n) is 6.45. The maximum Gasteiger partial charge on any atom is 0.165 e. The van der Waals surface area contributed by atoms with Crippen LogP contribution in [-0.4, -0.2) is 9.78 Å². The van der Waals surface area contributed by atoms with E-state index in [1.807, 2.05) is 38.2 Å². The van der Waals surface area contributed by atoms with E-state index >= 15 is 0 Å². The van der Waals surface area contributed by atoms with Gasteiger partial charge in [-0.25, -0.2) is 4.39 Å². The first-order valence-corrected chi connectivity index (χ1v) is 6.45. The second kappa shape index (κ2) is 4.96. The van der Waals surface area contributed by atoms with Gasteiger partial charge in [-0.05, 0) is 30.7 Å². The van der Waals surface area contributed by atoms with E-state index in [0.29, 0.717) is 0 Å². The number of aryl methyl sites for hydroxylation is 2. The average molecular weight is 270 g/mol. The number of halogens is 1. The topological polar surface area (TPSA) is 27.1 Å². The highest BCUT2D eigenvalue weighted by atomic mass is 19.1. The van der Waals surface area contributed by atoms with E-state index in [-0.39, 0.29) is 18.2 Å². The van der Waals surface area contributed by atoms with Gasteiger partial charge >= 0.3 is 0 Å². The van der Waals surface area contributed by atoms with E-state index in [1.165, 1.54) is 6.07 Å². The molecule has 0 spiro atoms. The van der Waals surface area contributed by atoms with Gasteiger partial charge in [-0.15, -0.1) is 0 Å². The van der Waals surface area contributed by atoms with Gasteiger partial charge in [-0.3, -0.25) is 4.68 Å². The second-order valence-electron chi connectivity index (χ2n) is 4.81. The number of rotatable bonds is 3. The smallest absolute Gasteiger partial charge is 0.165 e. The maximum atomic E-state index is 13.6. The third-order valence-electron chi connectivity index (χ3n) is 3.29. The summed E-state index contributed by atoms with van der Waals surface area (Å²) >= 11 is 0. The molecule has 3 nitrogen and oxygen atoms in total. The SMILES string of the molecule is Cc1ccc(F)c(OCc2nn(C)c3ccccc23)c1. The molecule has 2 aromatic carbocycles. The van der Waals surface area contributed by atoms with Crippen molar-refractivity contribution in [3.05, 3.63) is 59.5 Å². The van der Waals surface area contributed by atoms with Crippen LogP contribution in [0.25, 0.3) is 10.9 Å². The molecule has 0 saturated carbocycles. The molecule has 0 fully saturated rings. The van der Waals surface area contributed by atoms with Crippen molar-refractivity contribution in [3.8, 4) is 5.75 Å². The molecule has 4 heteroatoms. The van der Waals surface area contributed by atoms with Gasteiger partial charge in [-0.1, -0.05) is 24.3 Å². The lowest BCUT2D eigenvalue weighted by atomic mass is 10.2. The molecule has 0 amide bonds. The number of nitrogens with zero attached hydrogens (tertiary/aromatic N) is 2. The molecule has 0 atom stereocenters. The Bertz CT molecular complexity index is 764. The Morgan fingerprint density at radius 3 is 2.85 bits per heavy atom. The fraction of sp³-hybridized carbons (Fsp3) is 0.188. The Kier molecular flexibility index (Phi) is 3.14. The van der Waals surface area contributed by atoms with E-state index in [9.17, 15) is 4.39 Å². The third-order valence-corrected chi connectivity index (χ3v) is 3.29. The molecule has 0 unspecified atom stereocenters. The Hall–Kier alpha value is -2.36. The van der Waals surface area contributed by atoms with Crippen LogP contribution in [0.3, 0.4) is 0 Å². The van der Waals surface area contributed by atoms with E-state index in [2.05, 4.69) is 5.10 Å². The lowest BCUT2D eigenvalue weighted by Crippen LogP contribution is -2.00. The van der Waals surface area contributed by atoms with Gasteiger partial charge in [0.05, 0.1) is 5.52 Å². The van der Waals surface area contributed by atoms with Crippen molar-refractivity contribution in [2.24, 2.45) is 7.05 Å². The van der Waals surface area contributed by atoms with Gasteiger partial charge in [0.25, 0.3) is 0 Å². The Morgan fingerprint density at radius 1 is 1.20 bits per heavy atom. The van der Waals surface area contributed by atoms with E-state index in [0.717, 1.165) is 22.2 Å². The van der Waals surface area contributed by atoms with Crippen LogP contribution >= 0.6 is 0 Å². The molecular weight excluding hydrogens is 255 g/mol. The van der Waals surface area contributed by atoms with Crippen molar-refractivity contribution in [2.45, 2.75) is 13.5 Å². The molecule has 20 heavy (non-hydrogen) atoms. The third kappa shape index (κ3) is 2.25. The minimum absolute atomic E-state index is 0.252. The molecule has 0 saturated heterocycles. The summed E-state index contributed by atoms with van der Waals surface area (Å²) in [7, 11) is 1.89.